The summed E-state index contributed by atoms with van der Waals surface area (Å²) in [6, 6.07) is 0. The minimum atomic E-state index is -0.988. The van der Waals surface area contributed by atoms with E-state index in [1.165, 1.54) is 6.21 Å². The van der Waals surface area contributed by atoms with Crippen LogP contribution in [0.25, 0.3) is 0 Å². The van der Waals surface area contributed by atoms with Gasteiger partial charge in [-0.05, 0) is 0 Å². The van der Waals surface area contributed by atoms with Gasteiger partial charge in [-0.1, -0.05) is 0 Å². The normalized spacial score (nSPS) is 23.2. The van der Waals surface area contributed by atoms with Gasteiger partial charge in [0.1, 0.15) is 0 Å². The molecular weight excluding hydrogens is 136 g/mol. The van der Waals surface area contributed by atoms with Crippen molar-refractivity contribution in [1.29, 1.82) is 0 Å². The van der Waals surface area contributed by atoms with E-state index in [4.69, 9.17) is 0 Å². The molecular formula is C5H6N2O3. The van der Waals surface area contributed by atoms with Crippen molar-refractivity contribution < 1.29 is 14.3 Å². The number of nitrogens with zero attached hydrogens (tertiary/aromatic N) is 1. The van der Waals surface area contributed by atoms with Crippen molar-refractivity contribution in [3.63, 3.8) is 0 Å². The molecule has 1 rings (SSSR count). The number of hydrogen-bond donors (Lipinski definition) is 1. The van der Waals surface area contributed by atoms with Gasteiger partial charge < -0.3 is 10.5 Å². The Morgan fingerprint density at radius 1 is 1.90 bits per heavy atom. The Hall–Kier alpha value is -1.39. The van der Waals surface area contributed by atoms with Crippen LogP contribution in [-0.4, -0.2) is 24.3 Å². The lowest BCUT2D eigenvalue weighted by Crippen LogP contribution is -2.25. The van der Waals surface area contributed by atoms with Crippen LogP contribution in [0.3, 0.4) is 0 Å². The maximum absolute atomic E-state index is 10.7. The third kappa shape index (κ3) is 1.31. The van der Waals surface area contributed by atoms with Crippen LogP contribution in [0.15, 0.2) is 4.99 Å². The van der Waals surface area contributed by atoms with E-state index in [1.807, 2.05) is 0 Å². The van der Waals surface area contributed by atoms with Crippen LogP contribution < -0.4 is 5.73 Å². The quantitative estimate of drug-likeness (QED) is 0.533. The van der Waals surface area contributed by atoms with Crippen LogP contribution in [0.5, 0.6) is 0 Å². The number of Topliss-reactive ketones (excluding diaryl/α,β-unsaturated/α-hetero) is 1. The Kier molecular flexibility index (Phi) is 1.66. The second-order valence-electron chi connectivity index (χ2n) is 1.79. The molecule has 0 saturated heterocycles. The molecule has 1 atom stereocenters. The second-order valence-corrected chi connectivity index (χ2v) is 1.79. The second kappa shape index (κ2) is 2.47. The number of rotatable bonds is 1. The molecule has 0 aromatic carbocycles. The zero-order valence-electron chi connectivity index (χ0n) is 5.11. The fourth-order valence-corrected chi connectivity index (χ4v) is 0.629. The summed E-state index contributed by atoms with van der Waals surface area (Å²) in [4.78, 5) is 24.3. The number of carbonyl (C=O) groups is 2. The Morgan fingerprint density at radius 2 is 2.60 bits per heavy atom. The van der Waals surface area contributed by atoms with Gasteiger partial charge in [0.15, 0.2) is 0 Å². The fraction of sp³-hybridized carbons (Fsp3) is 0.400. The molecule has 0 saturated carbocycles. The molecule has 54 valence electrons. The summed E-state index contributed by atoms with van der Waals surface area (Å²) in [5.74, 6) is -0.237. The highest BCUT2D eigenvalue weighted by molar-refractivity contribution is 5.99. The van der Waals surface area contributed by atoms with Crippen molar-refractivity contribution in [3.05, 3.63) is 0 Å². The molecule has 0 fully saturated rings. The van der Waals surface area contributed by atoms with Crippen LogP contribution in [0.2, 0.25) is 0 Å². The molecule has 2 N–H and O–H groups in total. The molecule has 5 heteroatoms. The SMILES string of the molecule is NC(=O)OC1N=CCC1=O. The molecule has 0 aliphatic carbocycles. The highest BCUT2D eigenvalue weighted by atomic mass is 16.6. The lowest BCUT2D eigenvalue weighted by Gasteiger charge is -2.03. The summed E-state index contributed by atoms with van der Waals surface area (Å²) in [5.41, 5.74) is 4.65. The smallest absolute Gasteiger partial charge is 0.406 e. The van der Waals surface area contributed by atoms with Gasteiger partial charge in [0.05, 0.1) is 0 Å². The van der Waals surface area contributed by atoms with E-state index in [0.717, 1.165) is 0 Å². The summed E-state index contributed by atoms with van der Waals surface area (Å²) in [5, 5.41) is 0. The molecule has 1 unspecified atom stereocenters. The zero-order chi connectivity index (χ0) is 7.56. The zero-order valence-corrected chi connectivity index (χ0v) is 5.11. The number of amides is 1. The van der Waals surface area contributed by atoms with Crippen molar-refractivity contribution in [1.82, 2.24) is 0 Å². The third-order valence-electron chi connectivity index (χ3n) is 1.04. The van der Waals surface area contributed by atoms with Crippen molar-refractivity contribution >= 4 is 18.1 Å². The molecule has 1 heterocycles. The van der Waals surface area contributed by atoms with Gasteiger partial charge in [0.2, 0.25) is 5.78 Å². The molecule has 5 nitrogen and oxygen atoms in total. The van der Waals surface area contributed by atoms with Gasteiger partial charge in [-0.2, -0.15) is 0 Å². The highest BCUT2D eigenvalue weighted by Crippen LogP contribution is 2.04. The van der Waals surface area contributed by atoms with Gasteiger partial charge in [-0.25, -0.2) is 9.79 Å². The van der Waals surface area contributed by atoms with Crippen molar-refractivity contribution in [2.75, 3.05) is 0 Å². The molecule has 1 aliphatic rings. The molecule has 0 aromatic rings. The number of carbonyl (C=O) groups excluding carboxylic acids is 2. The van der Waals surface area contributed by atoms with Gasteiger partial charge in [0, 0.05) is 12.6 Å². The number of primary amides is 1. The lowest BCUT2D eigenvalue weighted by atomic mass is 10.3. The van der Waals surface area contributed by atoms with Crippen molar-refractivity contribution in [2.24, 2.45) is 10.7 Å². The predicted molar refractivity (Wildman–Crippen MR) is 32.6 cm³/mol. The van der Waals surface area contributed by atoms with E-state index in [9.17, 15) is 9.59 Å². The van der Waals surface area contributed by atoms with Gasteiger partial charge in [0.25, 0.3) is 6.23 Å². The summed E-state index contributed by atoms with van der Waals surface area (Å²) in [6.45, 7) is 0. The van der Waals surface area contributed by atoms with Gasteiger partial charge >= 0.3 is 6.09 Å². The Balaban J connectivity index is 2.48. The Bertz CT molecular complexity index is 199. The molecule has 10 heavy (non-hydrogen) atoms. The third-order valence-corrected chi connectivity index (χ3v) is 1.04. The molecule has 1 aliphatic heterocycles. The first kappa shape index (κ1) is 6.73. The molecule has 0 bridgehead atoms. The van der Waals surface area contributed by atoms with Crippen LogP contribution in [0.4, 0.5) is 4.79 Å². The maximum atomic E-state index is 10.7. The summed E-state index contributed by atoms with van der Waals surface area (Å²) >= 11 is 0. The average Bonchev–Trinajstić information content (AvgIpc) is 2.15. The van der Waals surface area contributed by atoms with E-state index < -0.39 is 12.3 Å². The lowest BCUT2D eigenvalue weighted by molar-refractivity contribution is -0.124. The van der Waals surface area contributed by atoms with E-state index in [0.29, 0.717) is 0 Å². The predicted octanol–water partition coefficient (Wildman–Crippen LogP) is -0.549. The number of ether oxygens (including phenoxy) is 1. The topological polar surface area (TPSA) is 81.8 Å². The van der Waals surface area contributed by atoms with Gasteiger partial charge in [-0.15, -0.1) is 0 Å². The maximum Gasteiger partial charge on any atom is 0.406 e. The van der Waals surface area contributed by atoms with Crippen LogP contribution in [-0.2, 0) is 9.53 Å². The fourth-order valence-electron chi connectivity index (χ4n) is 0.629. The standard InChI is InChI=1S/C5H6N2O3/c6-5(9)10-4-3(8)1-2-7-4/h2,4H,1H2,(H2,6,9). The largest absolute Gasteiger partial charge is 0.416 e. The van der Waals surface area contributed by atoms with E-state index >= 15 is 0 Å². The van der Waals surface area contributed by atoms with Crippen LogP contribution in [0.1, 0.15) is 6.42 Å². The number of hydrogen-bond acceptors (Lipinski definition) is 4. The van der Waals surface area contributed by atoms with Crippen molar-refractivity contribution in [2.45, 2.75) is 12.6 Å². The van der Waals surface area contributed by atoms with E-state index in [1.54, 1.807) is 0 Å². The molecule has 0 aromatic heterocycles. The molecule has 1 amide bonds. The first-order chi connectivity index (χ1) is 4.70. The molecule has 0 radical (unpaired) electrons. The van der Waals surface area contributed by atoms with E-state index in [-0.39, 0.29) is 12.2 Å². The minimum Gasteiger partial charge on any atom is -0.416 e. The van der Waals surface area contributed by atoms with Gasteiger partial charge in [-0.3, -0.25) is 4.79 Å². The first-order valence-corrected chi connectivity index (χ1v) is 2.70. The monoisotopic (exact) mass is 142 g/mol. The number of aliphatic imine (C=N–C) groups is 1. The molecule has 0 spiro atoms. The number of nitrogens with two attached hydrogens (primary N) is 1. The summed E-state index contributed by atoms with van der Waals surface area (Å²) in [6.07, 6.45) is -0.344. The minimum absolute atomic E-state index is 0.220. The summed E-state index contributed by atoms with van der Waals surface area (Å²) < 4.78 is 4.31. The van der Waals surface area contributed by atoms with Crippen LogP contribution >= 0.6 is 0 Å². The highest BCUT2D eigenvalue weighted by Gasteiger charge is 2.23. The Morgan fingerprint density at radius 3 is 3.00 bits per heavy atom. The van der Waals surface area contributed by atoms with E-state index in [2.05, 4.69) is 15.5 Å². The Labute approximate surface area is 56.9 Å². The summed E-state index contributed by atoms with van der Waals surface area (Å²) in [7, 11) is 0. The van der Waals surface area contributed by atoms with Crippen molar-refractivity contribution in [3.8, 4) is 0 Å². The average molecular weight is 142 g/mol. The first-order valence-electron chi connectivity index (χ1n) is 2.70. The van der Waals surface area contributed by atoms with Crippen LogP contribution in [0, 0.1) is 0 Å². The number of ketones is 1.